The molecular weight excluding hydrogens is 274 g/mol. The standard InChI is InChI=1S/C15H21NO3S/c1-10-8-13(11(2)20-10)15(19)16-7-3-4-12(9-16)5-6-14(17)18/h8,12H,3-7,9H2,1-2H3,(H,17,18). The summed E-state index contributed by atoms with van der Waals surface area (Å²) in [6.07, 6.45) is 2.86. The second kappa shape index (κ2) is 6.39. The molecule has 0 aromatic carbocycles. The first-order valence-electron chi connectivity index (χ1n) is 7.05. The Kier molecular flexibility index (Phi) is 4.81. The summed E-state index contributed by atoms with van der Waals surface area (Å²) < 4.78 is 0. The molecule has 110 valence electrons. The van der Waals surface area contributed by atoms with Gasteiger partial charge in [0.25, 0.3) is 5.91 Å². The summed E-state index contributed by atoms with van der Waals surface area (Å²) in [5.74, 6) is -0.325. The molecule has 1 N–H and O–H groups in total. The number of rotatable bonds is 4. The van der Waals surface area contributed by atoms with Gasteiger partial charge in [-0.05, 0) is 45.1 Å². The van der Waals surface area contributed by atoms with E-state index in [0.717, 1.165) is 34.7 Å². The molecule has 0 aliphatic carbocycles. The van der Waals surface area contributed by atoms with Gasteiger partial charge in [-0.2, -0.15) is 0 Å². The molecule has 1 aromatic rings. The van der Waals surface area contributed by atoms with Crippen LogP contribution in [-0.2, 0) is 4.79 Å². The van der Waals surface area contributed by atoms with Crippen LogP contribution in [0.1, 0.15) is 45.8 Å². The van der Waals surface area contributed by atoms with Gasteiger partial charge in [-0.3, -0.25) is 9.59 Å². The molecule has 0 saturated carbocycles. The minimum absolute atomic E-state index is 0.104. The van der Waals surface area contributed by atoms with Crippen molar-refractivity contribution < 1.29 is 14.7 Å². The highest BCUT2D eigenvalue weighted by molar-refractivity contribution is 7.12. The first-order chi connectivity index (χ1) is 9.47. The molecule has 1 aliphatic heterocycles. The Labute approximate surface area is 123 Å². The number of piperidine rings is 1. The lowest BCUT2D eigenvalue weighted by Crippen LogP contribution is -2.40. The summed E-state index contributed by atoms with van der Waals surface area (Å²) >= 11 is 1.65. The highest BCUT2D eigenvalue weighted by atomic mass is 32.1. The largest absolute Gasteiger partial charge is 0.481 e. The Hall–Kier alpha value is -1.36. The summed E-state index contributed by atoms with van der Waals surface area (Å²) in [7, 11) is 0. The van der Waals surface area contributed by atoms with E-state index in [1.54, 1.807) is 11.3 Å². The van der Waals surface area contributed by atoms with Crippen LogP contribution < -0.4 is 0 Å². The van der Waals surface area contributed by atoms with E-state index in [1.807, 2.05) is 24.8 Å². The summed E-state index contributed by atoms with van der Waals surface area (Å²) in [5, 5.41) is 8.76. The Bertz CT molecular complexity index is 509. The van der Waals surface area contributed by atoms with E-state index in [9.17, 15) is 9.59 Å². The van der Waals surface area contributed by atoms with Crippen molar-refractivity contribution in [1.29, 1.82) is 0 Å². The van der Waals surface area contributed by atoms with Gasteiger partial charge in [0, 0.05) is 29.3 Å². The highest BCUT2D eigenvalue weighted by Gasteiger charge is 2.26. The van der Waals surface area contributed by atoms with Crippen molar-refractivity contribution in [2.75, 3.05) is 13.1 Å². The van der Waals surface area contributed by atoms with Crippen molar-refractivity contribution in [2.24, 2.45) is 5.92 Å². The molecular formula is C15H21NO3S. The second-order valence-electron chi connectivity index (χ2n) is 5.52. The lowest BCUT2D eigenvalue weighted by molar-refractivity contribution is -0.137. The van der Waals surface area contributed by atoms with Gasteiger partial charge < -0.3 is 10.0 Å². The molecule has 1 aromatic heterocycles. The Morgan fingerprint density at radius 3 is 2.80 bits per heavy atom. The highest BCUT2D eigenvalue weighted by Crippen LogP contribution is 2.26. The molecule has 2 rings (SSSR count). The second-order valence-corrected chi connectivity index (χ2v) is 6.98. The normalized spacial score (nSPS) is 19.1. The molecule has 1 amide bonds. The van der Waals surface area contributed by atoms with Gasteiger partial charge in [-0.25, -0.2) is 0 Å². The first-order valence-corrected chi connectivity index (χ1v) is 7.87. The molecule has 0 spiro atoms. The number of amides is 1. The van der Waals surface area contributed by atoms with E-state index >= 15 is 0 Å². The fraction of sp³-hybridized carbons (Fsp3) is 0.600. The molecule has 0 bridgehead atoms. The number of carbonyl (C=O) groups is 2. The third kappa shape index (κ3) is 3.60. The van der Waals surface area contributed by atoms with Crippen molar-refractivity contribution in [3.63, 3.8) is 0 Å². The van der Waals surface area contributed by atoms with Crippen molar-refractivity contribution in [1.82, 2.24) is 4.90 Å². The Balaban J connectivity index is 1.99. The number of aliphatic carboxylic acids is 1. The van der Waals surface area contributed by atoms with Gasteiger partial charge in [0.05, 0.1) is 5.56 Å². The fourth-order valence-electron chi connectivity index (χ4n) is 2.83. The van der Waals surface area contributed by atoms with Crippen LogP contribution in [0.4, 0.5) is 0 Å². The summed E-state index contributed by atoms with van der Waals surface area (Å²) in [6.45, 7) is 5.48. The van der Waals surface area contributed by atoms with Crippen LogP contribution in [0, 0.1) is 19.8 Å². The fourth-order valence-corrected chi connectivity index (χ4v) is 3.74. The monoisotopic (exact) mass is 295 g/mol. The Morgan fingerprint density at radius 1 is 1.45 bits per heavy atom. The van der Waals surface area contributed by atoms with Crippen molar-refractivity contribution in [3.05, 3.63) is 21.4 Å². The number of carboxylic acid groups (broad SMARTS) is 1. The van der Waals surface area contributed by atoms with E-state index < -0.39 is 5.97 Å². The lowest BCUT2D eigenvalue weighted by Gasteiger charge is -2.32. The van der Waals surface area contributed by atoms with E-state index in [0.29, 0.717) is 18.9 Å². The smallest absolute Gasteiger partial charge is 0.303 e. The molecule has 1 unspecified atom stereocenters. The van der Waals surface area contributed by atoms with Crippen LogP contribution in [0.5, 0.6) is 0 Å². The first kappa shape index (κ1) is 15.0. The van der Waals surface area contributed by atoms with Crippen LogP contribution in [0.25, 0.3) is 0 Å². The zero-order chi connectivity index (χ0) is 14.7. The maximum absolute atomic E-state index is 12.5. The average molecular weight is 295 g/mol. The SMILES string of the molecule is Cc1cc(C(=O)N2CCCC(CCC(=O)O)C2)c(C)s1. The average Bonchev–Trinajstić information content (AvgIpc) is 2.75. The number of carbonyl (C=O) groups excluding carboxylic acids is 1. The van der Waals surface area contributed by atoms with E-state index in [4.69, 9.17) is 5.11 Å². The van der Waals surface area contributed by atoms with E-state index in [2.05, 4.69) is 0 Å². The minimum atomic E-state index is -0.752. The number of hydrogen-bond donors (Lipinski definition) is 1. The molecule has 20 heavy (non-hydrogen) atoms. The Morgan fingerprint density at radius 2 is 2.20 bits per heavy atom. The summed E-state index contributed by atoms with van der Waals surface area (Å²) in [6, 6.07) is 1.96. The van der Waals surface area contributed by atoms with Crippen LogP contribution in [0.3, 0.4) is 0 Å². The predicted octanol–water partition coefficient (Wildman–Crippen LogP) is 3.08. The van der Waals surface area contributed by atoms with E-state index in [-0.39, 0.29) is 12.3 Å². The molecule has 0 radical (unpaired) electrons. The lowest BCUT2D eigenvalue weighted by atomic mass is 9.93. The summed E-state index contributed by atoms with van der Waals surface area (Å²) in [5.41, 5.74) is 0.811. The van der Waals surface area contributed by atoms with Crippen LogP contribution in [0.2, 0.25) is 0 Å². The van der Waals surface area contributed by atoms with Gasteiger partial charge in [-0.1, -0.05) is 0 Å². The molecule has 1 aliphatic rings. The topological polar surface area (TPSA) is 57.6 Å². The number of aryl methyl sites for hydroxylation is 2. The minimum Gasteiger partial charge on any atom is -0.481 e. The third-order valence-corrected chi connectivity index (χ3v) is 4.81. The quantitative estimate of drug-likeness (QED) is 0.928. The maximum atomic E-state index is 12.5. The number of carboxylic acids is 1. The molecule has 1 atom stereocenters. The van der Waals surface area contributed by atoms with Gasteiger partial charge >= 0.3 is 5.97 Å². The third-order valence-electron chi connectivity index (χ3n) is 3.84. The van der Waals surface area contributed by atoms with Crippen LogP contribution >= 0.6 is 11.3 Å². The van der Waals surface area contributed by atoms with E-state index in [1.165, 1.54) is 0 Å². The number of thiophene rings is 1. The number of likely N-dealkylation sites (tertiary alicyclic amines) is 1. The van der Waals surface area contributed by atoms with Gasteiger partial charge in [0.1, 0.15) is 0 Å². The van der Waals surface area contributed by atoms with Crippen LogP contribution in [0.15, 0.2) is 6.07 Å². The van der Waals surface area contributed by atoms with Crippen molar-refractivity contribution in [3.8, 4) is 0 Å². The predicted molar refractivity (Wildman–Crippen MR) is 79.3 cm³/mol. The zero-order valence-corrected chi connectivity index (χ0v) is 12.8. The van der Waals surface area contributed by atoms with Crippen molar-refractivity contribution in [2.45, 2.75) is 39.5 Å². The number of hydrogen-bond acceptors (Lipinski definition) is 3. The maximum Gasteiger partial charge on any atom is 0.303 e. The molecule has 1 fully saturated rings. The van der Waals surface area contributed by atoms with Gasteiger partial charge in [-0.15, -0.1) is 11.3 Å². The molecule has 5 heteroatoms. The number of nitrogens with zero attached hydrogens (tertiary/aromatic N) is 1. The van der Waals surface area contributed by atoms with Gasteiger partial charge in [0.2, 0.25) is 0 Å². The molecule has 2 heterocycles. The van der Waals surface area contributed by atoms with Crippen LogP contribution in [-0.4, -0.2) is 35.0 Å². The summed E-state index contributed by atoms with van der Waals surface area (Å²) in [4.78, 5) is 27.3. The zero-order valence-electron chi connectivity index (χ0n) is 12.0. The molecule has 1 saturated heterocycles. The molecule has 4 nitrogen and oxygen atoms in total. The van der Waals surface area contributed by atoms with Gasteiger partial charge in [0.15, 0.2) is 0 Å². The van der Waals surface area contributed by atoms with Crippen molar-refractivity contribution >= 4 is 23.2 Å².